The lowest BCUT2D eigenvalue weighted by Crippen LogP contribution is -2.33. The second-order valence-electron chi connectivity index (χ2n) is 4.12. The molecule has 0 atom stereocenters. The van der Waals surface area contributed by atoms with E-state index in [0.29, 0.717) is 28.8 Å². The lowest BCUT2D eigenvalue weighted by Gasteiger charge is -2.09. The molecule has 1 aromatic carbocycles. The number of carbonyl (C=O) groups excluding carboxylic acids is 1. The van der Waals surface area contributed by atoms with E-state index in [1.165, 1.54) is 23.2 Å². The van der Waals surface area contributed by atoms with Gasteiger partial charge >= 0.3 is 6.03 Å². The number of urea groups is 1. The largest absolute Gasteiger partial charge is 0.336 e. The monoisotopic (exact) mass is 326 g/mol. The van der Waals surface area contributed by atoms with Gasteiger partial charge in [0.2, 0.25) is 0 Å². The standard InChI is InChI=1S/C13H12Cl2N4O2/c14-10-2-1-9(7-11(10)15)18-13(21)17-5-6-19-8-16-4-3-12(19)20/h1-4,7-8H,5-6H2,(H2,17,18,21). The molecule has 21 heavy (non-hydrogen) atoms. The first-order valence-electron chi connectivity index (χ1n) is 6.06. The van der Waals surface area contributed by atoms with Crippen molar-refractivity contribution in [3.63, 3.8) is 0 Å². The molecule has 0 saturated carbocycles. The van der Waals surface area contributed by atoms with Crippen LogP contribution >= 0.6 is 23.2 Å². The Morgan fingerprint density at radius 2 is 2.05 bits per heavy atom. The molecule has 2 amide bonds. The Morgan fingerprint density at radius 3 is 2.76 bits per heavy atom. The smallest absolute Gasteiger partial charge is 0.319 e. The molecule has 0 aliphatic heterocycles. The molecule has 1 heterocycles. The lowest BCUT2D eigenvalue weighted by molar-refractivity contribution is 0.251. The Balaban J connectivity index is 1.84. The highest BCUT2D eigenvalue weighted by Crippen LogP contribution is 2.24. The van der Waals surface area contributed by atoms with Gasteiger partial charge in [0, 0.05) is 31.0 Å². The summed E-state index contributed by atoms with van der Waals surface area (Å²) in [6.45, 7) is 0.625. The number of hydrogen-bond donors (Lipinski definition) is 2. The second kappa shape index (κ2) is 7.10. The molecule has 2 rings (SSSR count). The zero-order valence-corrected chi connectivity index (χ0v) is 12.4. The minimum absolute atomic E-state index is 0.170. The fourth-order valence-corrected chi connectivity index (χ4v) is 1.88. The zero-order chi connectivity index (χ0) is 15.2. The molecule has 0 aliphatic carbocycles. The highest BCUT2D eigenvalue weighted by atomic mass is 35.5. The molecule has 1 aromatic heterocycles. The maximum Gasteiger partial charge on any atom is 0.319 e. The molecule has 0 bridgehead atoms. The van der Waals surface area contributed by atoms with Crippen LogP contribution in [0.1, 0.15) is 0 Å². The average Bonchev–Trinajstić information content (AvgIpc) is 2.45. The maximum atomic E-state index is 11.7. The van der Waals surface area contributed by atoms with E-state index < -0.39 is 6.03 Å². The van der Waals surface area contributed by atoms with E-state index in [1.807, 2.05) is 0 Å². The van der Waals surface area contributed by atoms with E-state index in [0.717, 1.165) is 0 Å². The van der Waals surface area contributed by atoms with Crippen molar-refractivity contribution in [1.29, 1.82) is 0 Å². The van der Waals surface area contributed by atoms with Crippen LogP contribution < -0.4 is 16.2 Å². The second-order valence-corrected chi connectivity index (χ2v) is 4.94. The van der Waals surface area contributed by atoms with Crippen LogP contribution in [0.25, 0.3) is 0 Å². The van der Waals surface area contributed by atoms with E-state index in [1.54, 1.807) is 18.2 Å². The van der Waals surface area contributed by atoms with E-state index in [2.05, 4.69) is 15.6 Å². The number of nitrogens with zero attached hydrogens (tertiary/aromatic N) is 2. The number of halogens is 2. The van der Waals surface area contributed by atoms with Crippen molar-refractivity contribution >= 4 is 34.9 Å². The lowest BCUT2D eigenvalue weighted by atomic mass is 10.3. The van der Waals surface area contributed by atoms with Crippen molar-refractivity contribution in [1.82, 2.24) is 14.9 Å². The normalized spacial score (nSPS) is 10.2. The van der Waals surface area contributed by atoms with Crippen LogP contribution in [0.3, 0.4) is 0 Å². The number of anilines is 1. The van der Waals surface area contributed by atoms with Gasteiger partial charge in [-0.25, -0.2) is 9.78 Å². The summed E-state index contributed by atoms with van der Waals surface area (Å²) < 4.78 is 1.40. The highest BCUT2D eigenvalue weighted by Gasteiger charge is 2.04. The Labute approximate surface area is 130 Å². The summed E-state index contributed by atoms with van der Waals surface area (Å²) in [6.07, 6.45) is 2.84. The molecule has 0 aliphatic rings. The van der Waals surface area contributed by atoms with Crippen molar-refractivity contribution in [2.75, 3.05) is 11.9 Å². The summed E-state index contributed by atoms with van der Waals surface area (Å²) >= 11 is 11.6. The SMILES string of the molecule is O=C(NCCn1cnccc1=O)Nc1ccc(Cl)c(Cl)c1. The van der Waals surface area contributed by atoms with Gasteiger partial charge in [0.05, 0.1) is 16.4 Å². The number of carbonyl (C=O) groups is 1. The molecule has 2 N–H and O–H groups in total. The predicted molar refractivity (Wildman–Crippen MR) is 82.0 cm³/mol. The average molecular weight is 327 g/mol. The summed E-state index contributed by atoms with van der Waals surface area (Å²) in [5.74, 6) is 0. The summed E-state index contributed by atoms with van der Waals surface area (Å²) in [5.41, 5.74) is 0.358. The van der Waals surface area contributed by atoms with E-state index in [4.69, 9.17) is 23.2 Å². The molecule has 0 radical (unpaired) electrons. The first kappa shape index (κ1) is 15.3. The van der Waals surface area contributed by atoms with Crippen molar-refractivity contribution in [3.05, 3.63) is 57.2 Å². The van der Waals surface area contributed by atoms with Crippen molar-refractivity contribution in [2.45, 2.75) is 6.54 Å². The van der Waals surface area contributed by atoms with Gasteiger partial charge in [0.25, 0.3) is 5.56 Å². The topological polar surface area (TPSA) is 76.0 Å². The van der Waals surface area contributed by atoms with Gasteiger partial charge in [-0.05, 0) is 18.2 Å². The third-order valence-corrected chi connectivity index (χ3v) is 3.35. The summed E-state index contributed by atoms with van der Waals surface area (Å²) in [7, 11) is 0. The Kier molecular flexibility index (Phi) is 5.19. The van der Waals surface area contributed by atoms with Gasteiger partial charge in [0.15, 0.2) is 0 Å². The summed E-state index contributed by atoms with van der Waals surface area (Å²) in [6, 6.07) is 5.74. The van der Waals surface area contributed by atoms with Crippen molar-refractivity contribution in [2.24, 2.45) is 0 Å². The van der Waals surface area contributed by atoms with Crippen LogP contribution in [0, 0.1) is 0 Å². The molecule has 0 saturated heterocycles. The van der Waals surface area contributed by atoms with Gasteiger partial charge in [-0.15, -0.1) is 0 Å². The third-order valence-electron chi connectivity index (χ3n) is 2.61. The number of amides is 2. The number of aromatic nitrogens is 2. The minimum atomic E-state index is -0.398. The van der Waals surface area contributed by atoms with E-state index >= 15 is 0 Å². The molecule has 6 nitrogen and oxygen atoms in total. The van der Waals surface area contributed by atoms with E-state index in [9.17, 15) is 9.59 Å². The molecule has 8 heteroatoms. The molecule has 0 fully saturated rings. The molecular weight excluding hydrogens is 315 g/mol. The van der Waals surface area contributed by atoms with Crippen LogP contribution in [-0.2, 0) is 6.54 Å². The van der Waals surface area contributed by atoms with Gasteiger partial charge in [-0.1, -0.05) is 23.2 Å². The van der Waals surface area contributed by atoms with Crippen LogP contribution in [0.2, 0.25) is 10.0 Å². The number of rotatable bonds is 4. The van der Waals surface area contributed by atoms with Crippen LogP contribution in [0.15, 0.2) is 41.6 Å². The fraction of sp³-hybridized carbons (Fsp3) is 0.154. The molecule has 0 unspecified atom stereocenters. The molecule has 0 spiro atoms. The number of nitrogens with one attached hydrogen (secondary N) is 2. The Hall–Kier alpha value is -2.05. The molecule has 110 valence electrons. The fourth-order valence-electron chi connectivity index (χ4n) is 1.59. The van der Waals surface area contributed by atoms with Gasteiger partial charge < -0.3 is 10.6 Å². The molecular formula is C13H12Cl2N4O2. The quantitative estimate of drug-likeness (QED) is 0.905. The summed E-state index contributed by atoms with van der Waals surface area (Å²) in [5, 5.41) is 6.02. The van der Waals surface area contributed by atoms with Gasteiger partial charge in [-0.3, -0.25) is 9.36 Å². The Bertz CT molecular complexity index is 703. The minimum Gasteiger partial charge on any atom is -0.336 e. The number of benzene rings is 1. The first-order chi connectivity index (χ1) is 10.1. The van der Waals surface area contributed by atoms with Crippen molar-refractivity contribution in [3.8, 4) is 0 Å². The van der Waals surface area contributed by atoms with Gasteiger partial charge in [-0.2, -0.15) is 0 Å². The predicted octanol–water partition coefficient (Wildman–Crippen LogP) is 2.37. The number of hydrogen-bond acceptors (Lipinski definition) is 3. The van der Waals surface area contributed by atoms with Crippen molar-refractivity contribution < 1.29 is 4.79 Å². The summed E-state index contributed by atoms with van der Waals surface area (Å²) in [4.78, 5) is 26.9. The van der Waals surface area contributed by atoms with Crippen LogP contribution in [0.4, 0.5) is 10.5 Å². The highest BCUT2D eigenvalue weighted by molar-refractivity contribution is 6.42. The maximum absolute atomic E-state index is 11.7. The van der Waals surface area contributed by atoms with Gasteiger partial charge in [0.1, 0.15) is 0 Å². The van der Waals surface area contributed by atoms with Crippen LogP contribution in [-0.4, -0.2) is 22.1 Å². The van der Waals surface area contributed by atoms with E-state index in [-0.39, 0.29) is 5.56 Å². The van der Waals surface area contributed by atoms with Crippen LogP contribution in [0.5, 0.6) is 0 Å². The Morgan fingerprint density at radius 1 is 1.24 bits per heavy atom. The third kappa shape index (κ3) is 4.47. The molecule has 2 aromatic rings. The first-order valence-corrected chi connectivity index (χ1v) is 6.82. The zero-order valence-electron chi connectivity index (χ0n) is 10.8.